The van der Waals surface area contributed by atoms with Crippen molar-refractivity contribution in [3.63, 3.8) is 0 Å². The zero-order valence-corrected chi connectivity index (χ0v) is 14.7. The van der Waals surface area contributed by atoms with Crippen molar-refractivity contribution in [3.05, 3.63) is 29.8 Å². The van der Waals surface area contributed by atoms with Crippen molar-refractivity contribution in [2.24, 2.45) is 0 Å². The van der Waals surface area contributed by atoms with Crippen molar-refractivity contribution in [2.45, 2.75) is 31.4 Å². The second-order valence-corrected chi connectivity index (χ2v) is 6.07. The molecule has 1 amide bonds. The third-order valence-corrected chi connectivity index (χ3v) is 4.16. The molecule has 0 saturated carbocycles. The van der Waals surface area contributed by atoms with E-state index in [9.17, 15) is 18.4 Å². The van der Waals surface area contributed by atoms with E-state index < -0.39 is 24.0 Å². The molecule has 1 aliphatic rings. The lowest BCUT2D eigenvalue weighted by Gasteiger charge is -2.36. The van der Waals surface area contributed by atoms with E-state index >= 15 is 0 Å². The van der Waals surface area contributed by atoms with E-state index in [0.717, 1.165) is 0 Å². The van der Waals surface area contributed by atoms with Crippen LogP contribution in [0.1, 0.15) is 24.8 Å². The number of ether oxygens (including phenoxy) is 3. The quantitative estimate of drug-likeness (QED) is 0.668. The predicted octanol–water partition coefficient (Wildman–Crippen LogP) is 2.45. The highest BCUT2D eigenvalue weighted by atomic mass is 19.3. The van der Waals surface area contributed by atoms with Gasteiger partial charge in [-0.05, 0) is 36.6 Å². The van der Waals surface area contributed by atoms with Crippen LogP contribution in [-0.2, 0) is 14.3 Å². The fourth-order valence-corrected chi connectivity index (χ4v) is 2.85. The van der Waals surface area contributed by atoms with Crippen LogP contribution < -0.4 is 14.8 Å². The number of aliphatic carboxylic acids is 1. The Balaban J connectivity index is 2.07. The Bertz CT molecular complexity index is 701. The summed E-state index contributed by atoms with van der Waals surface area (Å²) in [6.45, 7) is -2.23. The van der Waals surface area contributed by atoms with Crippen LogP contribution in [0.25, 0.3) is 6.08 Å². The topological polar surface area (TPSA) is 94.1 Å². The minimum atomic E-state index is -2.98. The number of nitrogens with one attached hydrogen (secondary N) is 1. The minimum Gasteiger partial charge on any atom is -0.493 e. The summed E-state index contributed by atoms with van der Waals surface area (Å²) >= 11 is 0. The molecule has 0 atom stereocenters. The van der Waals surface area contributed by atoms with Gasteiger partial charge in [-0.3, -0.25) is 9.59 Å². The summed E-state index contributed by atoms with van der Waals surface area (Å²) in [6.07, 6.45) is 3.35. The molecule has 1 aliphatic heterocycles. The number of alkyl halides is 2. The SMILES string of the molecule is COc1cc(C=CC(=O)NC2(CC(=O)O)CCOCC2)ccc1OC(F)F. The average molecular weight is 385 g/mol. The maximum atomic E-state index is 12.3. The number of benzene rings is 1. The van der Waals surface area contributed by atoms with E-state index in [1.54, 1.807) is 0 Å². The van der Waals surface area contributed by atoms with Crippen LogP contribution in [0.3, 0.4) is 0 Å². The molecular formula is C18H21F2NO6. The number of rotatable bonds is 8. The van der Waals surface area contributed by atoms with Gasteiger partial charge in [0.05, 0.1) is 19.1 Å². The highest BCUT2D eigenvalue weighted by Crippen LogP contribution is 2.30. The maximum Gasteiger partial charge on any atom is 0.387 e. The Labute approximate surface area is 154 Å². The lowest BCUT2D eigenvalue weighted by Crippen LogP contribution is -2.52. The molecule has 1 fully saturated rings. The fraction of sp³-hybridized carbons (Fsp3) is 0.444. The number of carboxylic acid groups (broad SMARTS) is 1. The van der Waals surface area contributed by atoms with Gasteiger partial charge >= 0.3 is 12.6 Å². The van der Waals surface area contributed by atoms with Gasteiger partial charge in [-0.25, -0.2) is 0 Å². The van der Waals surface area contributed by atoms with E-state index in [0.29, 0.717) is 31.6 Å². The summed E-state index contributed by atoms with van der Waals surface area (Å²) < 4.78 is 39.3. The first-order valence-electron chi connectivity index (χ1n) is 8.26. The molecule has 148 valence electrons. The number of carbonyl (C=O) groups is 2. The van der Waals surface area contributed by atoms with Crippen LogP contribution in [0.4, 0.5) is 8.78 Å². The number of halogens is 2. The van der Waals surface area contributed by atoms with Crippen molar-refractivity contribution in [1.29, 1.82) is 0 Å². The number of hydrogen-bond acceptors (Lipinski definition) is 5. The van der Waals surface area contributed by atoms with Gasteiger partial charge in [-0.1, -0.05) is 6.07 Å². The third-order valence-electron chi connectivity index (χ3n) is 4.16. The number of amides is 1. The Hall–Kier alpha value is -2.68. The highest BCUT2D eigenvalue weighted by molar-refractivity contribution is 5.92. The van der Waals surface area contributed by atoms with E-state index in [1.165, 1.54) is 37.5 Å². The molecule has 0 bridgehead atoms. The van der Waals surface area contributed by atoms with E-state index in [-0.39, 0.29) is 17.9 Å². The molecule has 0 aromatic heterocycles. The van der Waals surface area contributed by atoms with Gasteiger partial charge in [0, 0.05) is 19.3 Å². The number of methoxy groups -OCH3 is 1. The second kappa shape index (κ2) is 9.31. The Morgan fingerprint density at radius 2 is 2.04 bits per heavy atom. The molecule has 2 rings (SSSR count). The Morgan fingerprint density at radius 3 is 2.63 bits per heavy atom. The summed E-state index contributed by atoms with van der Waals surface area (Å²) in [4.78, 5) is 23.4. The van der Waals surface area contributed by atoms with Crippen molar-refractivity contribution in [3.8, 4) is 11.5 Å². The van der Waals surface area contributed by atoms with Gasteiger partial charge in [-0.15, -0.1) is 0 Å². The lowest BCUT2D eigenvalue weighted by atomic mass is 9.86. The van der Waals surface area contributed by atoms with Gasteiger partial charge in [-0.2, -0.15) is 8.78 Å². The maximum absolute atomic E-state index is 12.3. The molecule has 7 nitrogen and oxygen atoms in total. The largest absolute Gasteiger partial charge is 0.493 e. The molecule has 27 heavy (non-hydrogen) atoms. The highest BCUT2D eigenvalue weighted by Gasteiger charge is 2.35. The minimum absolute atomic E-state index is 0.102. The van der Waals surface area contributed by atoms with E-state index in [2.05, 4.69) is 10.1 Å². The molecule has 1 aromatic carbocycles. The molecule has 1 aromatic rings. The van der Waals surface area contributed by atoms with Crippen LogP contribution >= 0.6 is 0 Å². The molecular weight excluding hydrogens is 364 g/mol. The van der Waals surface area contributed by atoms with Gasteiger partial charge in [0.25, 0.3) is 0 Å². The molecule has 1 saturated heterocycles. The number of hydrogen-bond donors (Lipinski definition) is 2. The van der Waals surface area contributed by atoms with Crippen LogP contribution in [0, 0.1) is 0 Å². The van der Waals surface area contributed by atoms with Crippen molar-refractivity contribution < 1.29 is 37.7 Å². The Morgan fingerprint density at radius 1 is 1.33 bits per heavy atom. The van der Waals surface area contributed by atoms with Crippen molar-refractivity contribution in [2.75, 3.05) is 20.3 Å². The molecule has 9 heteroatoms. The van der Waals surface area contributed by atoms with E-state index in [1.807, 2.05) is 0 Å². The van der Waals surface area contributed by atoms with E-state index in [4.69, 9.17) is 14.6 Å². The zero-order valence-electron chi connectivity index (χ0n) is 14.7. The average Bonchev–Trinajstić information content (AvgIpc) is 2.60. The van der Waals surface area contributed by atoms with Crippen LogP contribution in [-0.4, -0.2) is 49.5 Å². The number of carbonyl (C=O) groups excluding carboxylic acids is 1. The van der Waals surface area contributed by atoms with Crippen LogP contribution in [0.5, 0.6) is 11.5 Å². The summed E-state index contributed by atoms with van der Waals surface area (Å²) in [7, 11) is 1.31. The van der Waals surface area contributed by atoms with Gasteiger partial charge in [0.15, 0.2) is 11.5 Å². The predicted molar refractivity (Wildman–Crippen MR) is 91.8 cm³/mol. The molecule has 0 unspecified atom stereocenters. The summed E-state index contributed by atoms with van der Waals surface area (Å²) in [5.74, 6) is -1.47. The van der Waals surface area contributed by atoms with Crippen LogP contribution in [0.15, 0.2) is 24.3 Å². The lowest BCUT2D eigenvalue weighted by molar-refractivity contribution is -0.140. The Kier molecular flexibility index (Phi) is 7.12. The van der Waals surface area contributed by atoms with Gasteiger partial charge in [0.1, 0.15) is 0 Å². The molecule has 0 radical (unpaired) electrons. The zero-order chi connectivity index (χ0) is 19.9. The standard InChI is InChI=1S/C18H21F2NO6/c1-25-14-10-12(2-4-13(14)27-17(19)20)3-5-15(22)21-18(11-16(23)24)6-8-26-9-7-18/h2-5,10,17H,6-9,11H2,1H3,(H,21,22)(H,23,24). The first-order chi connectivity index (χ1) is 12.8. The first-order valence-corrected chi connectivity index (χ1v) is 8.26. The second-order valence-electron chi connectivity index (χ2n) is 6.07. The van der Waals surface area contributed by atoms with Gasteiger partial charge < -0.3 is 24.6 Å². The molecule has 0 spiro atoms. The molecule has 2 N–H and O–H groups in total. The normalized spacial score (nSPS) is 16.3. The van der Waals surface area contributed by atoms with Gasteiger partial charge in [0.2, 0.25) is 5.91 Å². The summed E-state index contributed by atoms with van der Waals surface area (Å²) in [5.41, 5.74) is -0.319. The summed E-state index contributed by atoms with van der Waals surface area (Å²) in [5, 5.41) is 11.9. The molecule has 0 aliphatic carbocycles. The summed E-state index contributed by atoms with van der Waals surface area (Å²) in [6, 6.07) is 4.25. The molecule has 1 heterocycles. The number of carboxylic acids is 1. The van der Waals surface area contributed by atoms with Crippen LogP contribution in [0.2, 0.25) is 0 Å². The third kappa shape index (κ3) is 6.21. The smallest absolute Gasteiger partial charge is 0.387 e. The first kappa shape index (κ1) is 20.6. The van der Waals surface area contributed by atoms with Crippen molar-refractivity contribution in [1.82, 2.24) is 5.32 Å². The fourth-order valence-electron chi connectivity index (χ4n) is 2.85. The van der Waals surface area contributed by atoms with Crippen molar-refractivity contribution >= 4 is 18.0 Å². The monoisotopic (exact) mass is 385 g/mol.